The maximum absolute atomic E-state index is 13.5. The number of aliphatic hydroxyl groups is 1. The maximum Gasteiger partial charge on any atom is 0.416 e. The van der Waals surface area contributed by atoms with E-state index < -0.39 is 17.8 Å². The van der Waals surface area contributed by atoms with Crippen LogP contribution >= 0.6 is 11.6 Å². The van der Waals surface area contributed by atoms with Gasteiger partial charge < -0.3 is 24.6 Å². The van der Waals surface area contributed by atoms with Crippen LogP contribution in [0.5, 0.6) is 17.2 Å². The molecule has 3 aromatic carbocycles. The number of halogens is 4. The van der Waals surface area contributed by atoms with Gasteiger partial charge in [0.05, 0.1) is 31.4 Å². The molecule has 0 bridgehead atoms. The van der Waals surface area contributed by atoms with Crippen molar-refractivity contribution in [3.05, 3.63) is 81.9 Å². The molecule has 0 saturated carbocycles. The number of methoxy groups -OCH3 is 2. The minimum atomic E-state index is -4.58. The van der Waals surface area contributed by atoms with E-state index in [1.165, 1.54) is 20.3 Å². The minimum Gasteiger partial charge on any atom is -0.497 e. The second kappa shape index (κ2) is 10.9. The molecule has 9 heteroatoms. The van der Waals surface area contributed by atoms with Gasteiger partial charge in [0.25, 0.3) is 0 Å². The number of alkyl halides is 3. The van der Waals surface area contributed by atoms with Crippen LogP contribution in [0.2, 0.25) is 5.02 Å². The van der Waals surface area contributed by atoms with Gasteiger partial charge >= 0.3 is 6.18 Å². The summed E-state index contributed by atoms with van der Waals surface area (Å²) >= 11 is 6.40. The van der Waals surface area contributed by atoms with E-state index in [2.05, 4.69) is 5.32 Å². The molecule has 0 saturated heterocycles. The first-order chi connectivity index (χ1) is 16.2. The van der Waals surface area contributed by atoms with E-state index in [-0.39, 0.29) is 22.7 Å². The van der Waals surface area contributed by atoms with E-state index in [0.717, 1.165) is 17.7 Å². The molecule has 0 aliphatic heterocycles. The molecule has 0 heterocycles. The molecule has 182 valence electrons. The van der Waals surface area contributed by atoms with Gasteiger partial charge in [-0.05, 0) is 43.3 Å². The third kappa shape index (κ3) is 5.69. The Kier molecular flexibility index (Phi) is 8.17. The van der Waals surface area contributed by atoms with Crippen LogP contribution in [0, 0.1) is 0 Å². The monoisotopic (exact) mass is 495 g/mol. The van der Waals surface area contributed by atoms with Crippen molar-refractivity contribution in [2.45, 2.75) is 25.7 Å². The maximum atomic E-state index is 13.5. The van der Waals surface area contributed by atoms with Crippen molar-refractivity contribution in [1.82, 2.24) is 0 Å². The highest BCUT2D eigenvalue weighted by Gasteiger charge is 2.32. The highest BCUT2D eigenvalue weighted by molar-refractivity contribution is 6.32. The Morgan fingerprint density at radius 2 is 1.74 bits per heavy atom. The lowest BCUT2D eigenvalue weighted by atomic mass is 9.97. The molecule has 0 aliphatic carbocycles. The average Bonchev–Trinajstić information content (AvgIpc) is 2.83. The lowest BCUT2D eigenvalue weighted by Crippen LogP contribution is -2.12. The first-order valence-electron chi connectivity index (χ1n) is 10.4. The molecule has 3 aromatic rings. The van der Waals surface area contributed by atoms with Crippen LogP contribution in [-0.4, -0.2) is 25.9 Å². The van der Waals surface area contributed by atoms with Crippen molar-refractivity contribution in [3.8, 4) is 17.2 Å². The van der Waals surface area contributed by atoms with Crippen LogP contribution < -0.4 is 19.5 Å². The second-order valence-electron chi connectivity index (χ2n) is 7.33. The fourth-order valence-electron chi connectivity index (χ4n) is 3.49. The number of benzene rings is 3. The molecule has 0 fully saturated rings. The first kappa shape index (κ1) is 25.5. The molecule has 34 heavy (non-hydrogen) atoms. The van der Waals surface area contributed by atoms with Gasteiger partial charge in [-0.15, -0.1) is 0 Å². The fourth-order valence-corrected chi connectivity index (χ4v) is 3.77. The topological polar surface area (TPSA) is 60.0 Å². The fraction of sp³-hybridized carbons (Fsp3) is 0.280. The van der Waals surface area contributed by atoms with E-state index in [4.69, 9.17) is 25.8 Å². The largest absolute Gasteiger partial charge is 0.497 e. The van der Waals surface area contributed by atoms with Gasteiger partial charge in [-0.3, -0.25) is 0 Å². The number of rotatable bonds is 9. The Labute approximate surface area is 201 Å². The lowest BCUT2D eigenvalue weighted by molar-refractivity contribution is -0.137. The predicted octanol–water partition coefficient (Wildman–Crippen LogP) is 6.47. The Bertz CT molecular complexity index is 1140. The van der Waals surface area contributed by atoms with Crippen LogP contribution in [0.4, 0.5) is 18.9 Å². The van der Waals surface area contributed by atoms with Crippen molar-refractivity contribution < 1.29 is 32.5 Å². The van der Waals surface area contributed by atoms with Gasteiger partial charge in [-0.2, -0.15) is 13.2 Å². The van der Waals surface area contributed by atoms with Crippen molar-refractivity contribution >= 4 is 17.3 Å². The van der Waals surface area contributed by atoms with Crippen molar-refractivity contribution in [2.75, 3.05) is 26.1 Å². The highest BCUT2D eigenvalue weighted by Crippen LogP contribution is 2.40. The van der Waals surface area contributed by atoms with Crippen molar-refractivity contribution in [3.63, 3.8) is 0 Å². The zero-order valence-electron chi connectivity index (χ0n) is 18.9. The number of ether oxygens (including phenoxy) is 3. The van der Waals surface area contributed by atoms with Gasteiger partial charge in [-0.1, -0.05) is 23.7 Å². The minimum absolute atomic E-state index is 0.0258. The first-order valence-corrected chi connectivity index (χ1v) is 10.8. The lowest BCUT2D eigenvalue weighted by Gasteiger charge is -2.21. The Balaban J connectivity index is 2.00. The van der Waals surface area contributed by atoms with Gasteiger partial charge in [-0.25, -0.2) is 0 Å². The van der Waals surface area contributed by atoms with Crippen LogP contribution in [0.3, 0.4) is 0 Å². The highest BCUT2D eigenvalue weighted by atomic mass is 35.5. The standard InChI is InChI=1S/C25H25ClF3NO4/c1-4-34-21-7-5-6-18(23(21)26)24(31)19-12-16(25(27,28)29)9-11-20(19)30-14-15-8-10-17(32-2)13-22(15)33-3/h5-13,24,30-31H,4,14H2,1-3H3. The average molecular weight is 496 g/mol. The molecule has 1 atom stereocenters. The molecule has 2 N–H and O–H groups in total. The van der Waals surface area contributed by atoms with E-state index >= 15 is 0 Å². The molecular formula is C25H25ClF3NO4. The summed E-state index contributed by atoms with van der Waals surface area (Å²) in [6, 6.07) is 13.2. The van der Waals surface area contributed by atoms with Crippen molar-refractivity contribution in [1.29, 1.82) is 0 Å². The summed E-state index contributed by atoms with van der Waals surface area (Å²) in [4.78, 5) is 0. The zero-order chi connectivity index (χ0) is 24.9. The van der Waals surface area contributed by atoms with E-state index in [1.807, 2.05) is 0 Å². The number of hydrogen-bond acceptors (Lipinski definition) is 5. The molecular weight excluding hydrogens is 471 g/mol. The van der Waals surface area contributed by atoms with E-state index in [1.54, 1.807) is 43.3 Å². The molecule has 0 aromatic heterocycles. The van der Waals surface area contributed by atoms with Gasteiger partial charge in [0, 0.05) is 35.0 Å². The number of hydrogen-bond donors (Lipinski definition) is 2. The second-order valence-corrected chi connectivity index (χ2v) is 7.70. The van der Waals surface area contributed by atoms with Crippen LogP contribution in [0.1, 0.15) is 35.3 Å². The zero-order valence-corrected chi connectivity index (χ0v) is 19.6. The summed E-state index contributed by atoms with van der Waals surface area (Å²) in [5.74, 6) is 1.49. The summed E-state index contributed by atoms with van der Waals surface area (Å²) < 4.78 is 56.4. The van der Waals surface area contributed by atoms with Gasteiger partial charge in [0.15, 0.2) is 0 Å². The predicted molar refractivity (Wildman–Crippen MR) is 125 cm³/mol. The Morgan fingerprint density at radius 3 is 2.38 bits per heavy atom. The van der Waals surface area contributed by atoms with Gasteiger partial charge in [0.1, 0.15) is 23.4 Å². The summed E-state index contributed by atoms with van der Waals surface area (Å²) in [6.07, 6.45) is -6.01. The summed E-state index contributed by atoms with van der Waals surface area (Å²) in [6.45, 7) is 2.35. The SMILES string of the molecule is CCOc1cccc(C(O)c2cc(C(F)(F)F)ccc2NCc2ccc(OC)cc2OC)c1Cl. The summed E-state index contributed by atoms with van der Waals surface area (Å²) in [7, 11) is 3.05. The molecule has 3 rings (SSSR count). The van der Waals surface area contributed by atoms with Gasteiger partial charge in [0.2, 0.25) is 0 Å². The number of anilines is 1. The van der Waals surface area contributed by atoms with Crippen LogP contribution in [0.15, 0.2) is 54.6 Å². The quantitative estimate of drug-likeness (QED) is 0.356. The molecule has 0 amide bonds. The number of aliphatic hydroxyl groups excluding tert-OH is 1. The van der Waals surface area contributed by atoms with Crippen LogP contribution in [0.25, 0.3) is 0 Å². The summed E-state index contributed by atoms with van der Waals surface area (Å²) in [5.41, 5.74) is 0.442. The summed E-state index contributed by atoms with van der Waals surface area (Å²) in [5, 5.41) is 14.4. The Hall–Kier alpha value is -3.10. The molecule has 0 radical (unpaired) electrons. The van der Waals surface area contributed by atoms with Crippen molar-refractivity contribution in [2.24, 2.45) is 0 Å². The molecule has 5 nitrogen and oxygen atoms in total. The van der Waals surface area contributed by atoms with E-state index in [9.17, 15) is 18.3 Å². The molecule has 1 unspecified atom stereocenters. The molecule has 0 aliphatic rings. The third-order valence-corrected chi connectivity index (χ3v) is 5.63. The molecule has 0 spiro atoms. The Morgan fingerprint density at radius 1 is 0.971 bits per heavy atom. The smallest absolute Gasteiger partial charge is 0.416 e. The normalized spacial score (nSPS) is 12.2. The van der Waals surface area contributed by atoms with Crippen LogP contribution in [-0.2, 0) is 12.7 Å². The number of nitrogens with one attached hydrogen (secondary N) is 1. The third-order valence-electron chi connectivity index (χ3n) is 5.22. The van der Waals surface area contributed by atoms with E-state index in [0.29, 0.717) is 29.5 Å².